The van der Waals surface area contributed by atoms with E-state index in [0.29, 0.717) is 6.61 Å². The number of aryl methyl sites for hydroxylation is 1. The minimum Gasteiger partial charge on any atom is -0.491 e. The van der Waals surface area contributed by atoms with Gasteiger partial charge in [-0.25, -0.2) is 0 Å². The Morgan fingerprint density at radius 3 is 2.62 bits per heavy atom. The summed E-state index contributed by atoms with van der Waals surface area (Å²) < 4.78 is 7.88. The number of nitrogens with zero attached hydrogens (tertiary/aromatic N) is 2. The molecule has 0 atom stereocenters. The molecule has 1 aromatic heterocycles. The number of aromatic nitrogens is 2. The molecule has 1 aromatic carbocycles. The summed E-state index contributed by atoms with van der Waals surface area (Å²) in [7, 11) is 0. The van der Waals surface area contributed by atoms with Crippen LogP contribution in [0, 0.1) is 6.92 Å². The van der Waals surface area contributed by atoms with Gasteiger partial charge in [-0.2, -0.15) is 5.10 Å². The molecule has 2 aromatic rings. The van der Waals surface area contributed by atoms with Crippen molar-refractivity contribution in [1.29, 1.82) is 0 Å². The Kier molecular flexibility index (Phi) is 5.02. The molecule has 0 aliphatic heterocycles. The number of hydrogen-bond donors (Lipinski definition) is 1. The van der Waals surface area contributed by atoms with Crippen LogP contribution in [0.1, 0.15) is 32.0 Å². The van der Waals surface area contributed by atoms with Crippen LogP contribution in [0.25, 0.3) is 0 Å². The highest BCUT2D eigenvalue weighted by Crippen LogP contribution is 2.18. The third kappa shape index (κ3) is 4.90. The van der Waals surface area contributed by atoms with Crippen LogP contribution in [0.3, 0.4) is 0 Å². The highest BCUT2D eigenvalue weighted by molar-refractivity contribution is 5.33. The predicted molar refractivity (Wildman–Crippen MR) is 85.5 cm³/mol. The molecule has 4 heteroatoms. The normalized spacial score (nSPS) is 11.6. The maximum absolute atomic E-state index is 5.93. The average Bonchev–Trinajstić information content (AvgIpc) is 2.82. The zero-order valence-electron chi connectivity index (χ0n) is 13.4. The zero-order valence-corrected chi connectivity index (χ0v) is 13.4. The Morgan fingerprint density at radius 2 is 1.95 bits per heavy atom. The molecule has 1 N–H and O–H groups in total. The second-order valence-electron chi connectivity index (χ2n) is 6.26. The smallest absolute Gasteiger partial charge is 0.123 e. The predicted octanol–water partition coefficient (Wildman–Crippen LogP) is 3.16. The van der Waals surface area contributed by atoms with Crippen molar-refractivity contribution in [2.75, 3.05) is 6.61 Å². The highest BCUT2D eigenvalue weighted by Gasteiger charge is 2.10. The fraction of sp³-hybridized carbons (Fsp3) is 0.471. The van der Waals surface area contributed by atoms with Gasteiger partial charge in [-0.1, -0.05) is 18.2 Å². The summed E-state index contributed by atoms with van der Waals surface area (Å²) >= 11 is 0. The van der Waals surface area contributed by atoms with Crippen molar-refractivity contribution in [3.05, 3.63) is 47.8 Å². The highest BCUT2D eigenvalue weighted by atomic mass is 16.5. The molecule has 0 saturated heterocycles. The van der Waals surface area contributed by atoms with Gasteiger partial charge in [-0.15, -0.1) is 0 Å². The van der Waals surface area contributed by atoms with E-state index >= 15 is 0 Å². The fourth-order valence-electron chi connectivity index (χ4n) is 2.03. The van der Waals surface area contributed by atoms with E-state index in [-0.39, 0.29) is 5.54 Å². The van der Waals surface area contributed by atoms with E-state index < -0.39 is 0 Å². The molecular formula is C17H25N3O. The van der Waals surface area contributed by atoms with Crippen LogP contribution in [0.2, 0.25) is 0 Å². The molecule has 1 heterocycles. The lowest BCUT2D eigenvalue weighted by Gasteiger charge is -2.21. The average molecular weight is 287 g/mol. The molecule has 2 rings (SSSR count). The van der Waals surface area contributed by atoms with Gasteiger partial charge in [-0.05, 0) is 39.8 Å². The first-order valence-electron chi connectivity index (χ1n) is 7.40. The molecule has 21 heavy (non-hydrogen) atoms. The van der Waals surface area contributed by atoms with Crippen LogP contribution < -0.4 is 10.1 Å². The zero-order chi connectivity index (χ0) is 15.3. The minimum absolute atomic E-state index is 0.0965. The lowest BCUT2D eigenvalue weighted by atomic mass is 10.1. The monoisotopic (exact) mass is 287 g/mol. The molecule has 0 bridgehead atoms. The largest absolute Gasteiger partial charge is 0.491 e. The summed E-state index contributed by atoms with van der Waals surface area (Å²) in [5.74, 6) is 0.944. The second kappa shape index (κ2) is 6.76. The van der Waals surface area contributed by atoms with E-state index in [1.54, 1.807) is 0 Å². The molecule has 114 valence electrons. The summed E-state index contributed by atoms with van der Waals surface area (Å²) in [4.78, 5) is 0. The first-order valence-corrected chi connectivity index (χ1v) is 7.40. The molecule has 0 aliphatic carbocycles. The first-order chi connectivity index (χ1) is 9.96. The molecule has 0 radical (unpaired) electrons. The van der Waals surface area contributed by atoms with Crippen molar-refractivity contribution in [2.45, 2.75) is 46.3 Å². The summed E-state index contributed by atoms with van der Waals surface area (Å²) in [6.07, 6.45) is 1.82. The van der Waals surface area contributed by atoms with Crippen molar-refractivity contribution < 1.29 is 4.74 Å². The van der Waals surface area contributed by atoms with E-state index in [0.717, 1.165) is 24.5 Å². The number of rotatable bonds is 6. The van der Waals surface area contributed by atoms with Crippen molar-refractivity contribution >= 4 is 0 Å². The van der Waals surface area contributed by atoms with Crippen molar-refractivity contribution in [3.8, 4) is 5.75 Å². The van der Waals surface area contributed by atoms with Crippen LogP contribution in [0.5, 0.6) is 5.75 Å². The van der Waals surface area contributed by atoms with Gasteiger partial charge in [0.1, 0.15) is 12.4 Å². The Morgan fingerprint density at radius 1 is 1.19 bits per heavy atom. The van der Waals surface area contributed by atoms with Crippen LogP contribution in [-0.2, 0) is 13.1 Å². The molecule has 0 saturated carbocycles. The van der Waals surface area contributed by atoms with Crippen LogP contribution in [0.4, 0.5) is 0 Å². The molecular weight excluding hydrogens is 262 g/mol. The maximum Gasteiger partial charge on any atom is 0.123 e. The van der Waals surface area contributed by atoms with Crippen LogP contribution in [-0.4, -0.2) is 21.9 Å². The number of hydrogen-bond acceptors (Lipinski definition) is 3. The van der Waals surface area contributed by atoms with Gasteiger partial charge in [0.05, 0.1) is 6.54 Å². The van der Waals surface area contributed by atoms with Crippen LogP contribution in [0.15, 0.2) is 36.5 Å². The number of nitrogens with one attached hydrogen (secondary N) is 1. The topological polar surface area (TPSA) is 39.1 Å². The molecule has 0 amide bonds. The Bertz CT molecular complexity index is 569. The van der Waals surface area contributed by atoms with Crippen molar-refractivity contribution in [2.24, 2.45) is 0 Å². The van der Waals surface area contributed by atoms with E-state index in [1.165, 1.54) is 5.56 Å². The van der Waals surface area contributed by atoms with E-state index in [4.69, 9.17) is 4.74 Å². The summed E-state index contributed by atoms with van der Waals surface area (Å²) in [5.41, 5.74) is 2.44. The van der Waals surface area contributed by atoms with Gasteiger partial charge >= 0.3 is 0 Å². The lowest BCUT2D eigenvalue weighted by molar-refractivity contribution is 0.285. The van der Waals surface area contributed by atoms with Gasteiger partial charge in [0, 0.05) is 29.5 Å². The van der Waals surface area contributed by atoms with Crippen LogP contribution >= 0.6 is 0 Å². The fourth-order valence-corrected chi connectivity index (χ4v) is 2.03. The van der Waals surface area contributed by atoms with Crippen molar-refractivity contribution in [3.63, 3.8) is 0 Å². The van der Waals surface area contributed by atoms with Gasteiger partial charge < -0.3 is 10.1 Å². The Hall–Kier alpha value is -1.81. The summed E-state index contributed by atoms with van der Waals surface area (Å²) in [6.45, 7) is 10.7. The van der Waals surface area contributed by atoms with Gasteiger partial charge in [0.25, 0.3) is 0 Å². The lowest BCUT2D eigenvalue weighted by Crippen LogP contribution is -2.35. The van der Waals surface area contributed by atoms with Gasteiger partial charge in [0.15, 0.2) is 0 Å². The van der Waals surface area contributed by atoms with E-state index in [1.807, 2.05) is 42.1 Å². The summed E-state index contributed by atoms with van der Waals surface area (Å²) in [5, 5.41) is 7.76. The standard InChI is InChI=1S/C17H25N3O/c1-14-9-10-19-20(14)11-12-21-16-8-6-5-7-15(16)13-18-17(2,3)4/h5-10,18H,11-13H2,1-4H3. The maximum atomic E-state index is 5.93. The molecule has 4 nitrogen and oxygen atoms in total. The van der Waals surface area contributed by atoms with E-state index in [9.17, 15) is 0 Å². The molecule has 0 unspecified atom stereocenters. The third-order valence-corrected chi connectivity index (χ3v) is 3.27. The number of ether oxygens (including phenoxy) is 1. The SMILES string of the molecule is Cc1ccnn1CCOc1ccccc1CNC(C)(C)C. The first kappa shape index (κ1) is 15.6. The number of benzene rings is 1. The second-order valence-corrected chi connectivity index (χ2v) is 6.26. The molecule has 0 fully saturated rings. The van der Waals surface area contributed by atoms with Gasteiger partial charge in [0.2, 0.25) is 0 Å². The molecule has 0 spiro atoms. The molecule has 0 aliphatic rings. The number of para-hydroxylation sites is 1. The summed E-state index contributed by atoms with van der Waals surface area (Å²) in [6, 6.07) is 10.2. The minimum atomic E-state index is 0.0965. The third-order valence-electron chi connectivity index (χ3n) is 3.27. The Labute approximate surface area is 127 Å². The van der Waals surface area contributed by atoms with E-state index in [2.05, 4.69) is 37.3 Å². The van der Waals surface area contributed by atoms with Gasteiger partial charge in [-0.3, -0.25) is 4.68 Å². The van der Waals surface area contributed by atoms with Crippen molar-refractivity contribution in [1.82, 2.24) is 15.1 Å². The Balaban J connectivity index is 1.92. The quantitative estimate of drug-likeness (QED) is 0.887.